The van der Waals surface area contributed by atoms with E-state index in [9.17, 15) is 86.2 Å². The Bertz CT molecular complexity index is 3050. The number of hydrogen-bond donors (Lipinski definition) is 7. The highest BCUT2D eigenvalue weighted by Gasteiger charge is 2.59. The molecule has 0 bridgehead atoms. The smallest absolute Gasteiger partial charge is 0.397 e. The van der Waals surface area contributed by atoms with E-state index < -0.39 is 147 Å². The van der Waals surface area contributed by atoms with Crippen LogP contribution in [0.5, 0.6) is 5.75 Å². The Kier molecular flexibility index (Phi) is 65.2. The Morgan fingerprint density at radius 3 is 0.750 bits per heavy atom. The molecule has 7 N–H and O–H groups in total. The van der Waals surface area contributed by atoms with Crippen LogP contribution in [-0.4, -0.2) is 343 Å². The van der Waals surface area contributed by atoms with Crippen LogP contribution < -0.4 is 4.74 Å². The number of benzene rings is 1. The Labute approximate surface area is 652 Å². The summed E-state index contributed by atoms with van der Waals surface area (Å²) in [4.78, 5) is 16.6. The highest BCUT2D eigenvalue weighted by atomic mass is 32.3. The summed E-state index contributed by atoms with van der Waals surface area (Å²) in [5, 5.41) is 0. The summed E-state index contributed by atoms with van der Waals surface area (Å²) >= 11 is 0.343. The SMILES string of the molecule is CCN(CC)CC.CCN(CC)CC.CCN(CC)CC.CCN(CC)CC.CCN(CC)CC.CCN(CC)CC.CCN(CC)CC.COc1ccc(S[C@@H]2O[C@H](COS(=O)(=O)O)[C@@H](O[C@H]3O[C@H](COS(=O)(=O)O)[C@@H](OS(=O)(=O)O)[C@H](OS(=O)(=O)O)[C@H]3OS(=O)(=O)O)[C@H](OS(=O)(=O)O)[C@H]2OS(=O)(=O)O)cc1. The second-order valence-corrected chi connectivity index (χ2v) is 30.8. The molecule has 0 unspecified atom stereocenters. The van der Waals surface area contributed by atoms with E-state index in [-0.39, 0.29) is 10.6 Å². The Morgan fingerprint density at radius 2 is 0.528 bits per heavy atom. The van der Waals surface area contributed by atoms with Gasteiger partial charge < -0.3 is 53.2 Å². The molecule has 652 valence electrons. The highest BCUT2D eigenvalue weighted by molar-refractivity contribution is 7.99. The number of methoxy groups -OCH3 is 1. The van der Waals surface area contributed by atoms with Crippen LogP contribution in [0.1, 0.15) is 145 Å². The summed E-state index contributed by atoms with van der Waals surface area (Å²) in [5.41, 5.74) is -2.14. The van der Waals surface area contributed by atoms with Gasteiger partial charge in [-0.2, -0.15) is 58.9 Å². The molecule has 2 fully saturated rings. The van der Waals surface area contributed by atoms with Crippen molar-refractivity contribution in [2.45, 2.75) is 211 Å². The Hall–Kier alpha value is -1.94. The molecule has 2 saturated heterocycles. The van der Waals surface area contributed by atoms with E-state index in [4.69, 9.17) is 23.5 Å². The zero-order chi connectivity index (χ0) is 85.0. The molecule has 2 aliphatic rings. The van der Waals surface area contributed by atoms with Gasteiger partial charge in [0.05, 0.1) is 20.3 Å². The first-order valence-electron chi connectivity index (χ1n) is 35.8. The molecule has 0 amide bonds. The molecule has 2 aliphatic heterocycles. The summed E-state index contributed by atoms with van der Waals surface area (Å²) in [6.45, 7) is 67.4. The molecule has 108 heavy (non-hydrogen) atoms. The lowest BCUT2D eigenvalue weighted by molar-refractivity contribution is -0.325. The number of rotatable bonds is 42. The van der Waals surface area contributed by atoms with Crippen molar-refractivity contribution in [1.82, 2.24) is 34.3 Å². The zero-order valence-corrected chi connectivity index (χ0v) is 73.6. The van der Waals surface area contributed by atoms with Crippen LogP contribution in [-0.2, 0) is 116 Å². The monoisotopic (exact) mass is 1730 g/mol. The van der Waals surface area contributed by atoms with E-state index in [1.807, 2.05) is 0 Å². The topological polar surface area (TPSA) is 505 Å². The van der Waals surface area contributed by atoms with Gasteiger partial charge in [-0.1, -0.05) is 157 Å². The van der Waals surface area contributed by atoms with Gasteiger partial charge in [0.1, 0.15) is 53.9 Å². The van der Waals surface area contributed by atoms with Gasteiger partial charge in [0, 0.05) is 4.90 Å². The third-order valence-electron chi connectivity index (χ3n) is 16.1. The molecule has 3 rings (SSSR count). The predicted molar refractivity (Wildman–Crippen MR) is 412 cm³/mol. The van der Waals surface area contributed by atoms with E-state index in [0.717, 1.165) is 0 Å². The van der Waals surface area contributed by atoms with Gasteiger partial charge in [-0.3, -0.25) is 31.9 Å². The van der Waals surface area contributed by atoms with E-state index in [2.05, 4.69) is 209 Å². The third kappa shape index (κ3) is 58.8. The molecule has 0 aliphatic carbocycles. The predicted octanol–water partition coefficient (Wildman–Crippen LogP) is 5.64. The molecule has 0 radical (unpaired) electrons. The van der Waals surface area contributed by atoms with Crippen molar-refractivity contribution in [3.05, 3.63) is 24.3 Å². The minimum Gasteiger partial charge on any atom is -0.497 e. The number of thioether (sulfide) groups is 1. The average Bonchev–Trinajstić information content (AvgIpc) is 0.758. The van der Waals surface area contributed by atoms with Crippen molar-refractivity contribution < 1.29 is 139 Å². The molecule has 2 heterocycles. The molecule has 10 atom stereocenters. The lowest BCUT2D eigenvalue weighted by atomic mass is 9.97. The fraction of sp³-hybridized carbons (Fsp3) is 0.902. The van der Waals surface area contributed by atoms with Gasteiger partial charge in [-0.05, 0) is 162 Å². The van der Waals surface area contributed by atoms with Crippen LogP contribution in [0.25, 0.3) is 0 Å². The van der Waals surface area contributed by atoms with Crippen molar-refractivity contribution in [2.24, 2.45) is 0 Å². The maximum Gasteiger partial charge on any atom is 0.397 e. The van der Waals surface area contributed by atoms with E-state index in [0.29, 0.717) is 11.8 Å². The largest absolute Gasteiger partial charge is 0.497 e. The first-order valence-corrected chi connectivity index (χ1v) is 46.2. The van der Waals surface area contributed by atoms with Gasteiger partial charge >= 0.3 is 72.8 Å². The number of nitrogens with zero attached hydrogens (tertiary/aromatic N) is 7. The number of ether oxygens (including phenoxy) is 4. The van der Waals surface area contributed by atoms with E-state index in [1.54, 1.807) is 0 Å². The minimum absolute atomic E-state index is 0.0214. The molecular formula is C61H133N7O32S8. The summed E-state index contributed by atoms with van der Waals surface area (Å²) in [7, 11) is -40.0. The summed E-state index contributed by atoms with van der Waals surface area (Å²) in [6, 6.07) is 5.07. The average molecular weight is 1730 g/mol. The van der Waals surface area contributed by atoms with E-state index >= 15 is 0 Å². The molecule has 47 heteroatoms. The first kappa shape index (κ1) is 115. The summed E-state index contributed by atoms with van der Waals surface area (Å²) < 4.78 is 283. The third-order valence-corrected chi connectivity index (χ3v) is 20.5. The summed E-state index contributed by atoms with van der Waals surface area (Å²) in [5.74, 6) is 0.222. The van der Waals surface area contributed by atoms with Crippen molar-refractivity contribution in [3.63, 3.8) is 0 Å². The molecule has 1 aromatic rings. The van der Waals surface area contributed by atoms with Crippen LogP contribution in [0.15, 0.2) is 29.2 Å². The molecule has 0 saturated carbocycles. The van der Waals surface area contributed by atoms with Gasteiger partial charge in [0.2, 0.25) is 0 Å². The van der Waals surface area contributed by atoms with Gasteiger partial charge in [0.15, 0.2) is 12.4 Å². The maximum absolute atomic E-state index is 12.2. The van der Waals surface area contributed by atoms with Crippen molar-refractivity contribution >= 4 is 84.6 Å². The maximum atomic E-state index is 12.2. The fourth-order valence-electron chi connectivity index (χ4n) is 9.58. The van der Waals surface area contributed by atoms with Crippen molar-refractivity contribution in [1.29, 1.82) is 0 Å². The van der Waals surface area contributed by atoms with Crippen LogP contribution in [0, 0.1) is 0 Å². The normalized spacial score (nSPS) is 20.6. The van der Waals surface area contributed by atoms with Crippen LogP contribution in [0.4, 0.5) is 0 Å². The molecular weight excluding hydrogens is 1600 g/mol. The quantitative estimate of drug-likeness (QED) is 0.0389. The number of hydrogen-bond acceptors (Lipinski definition) is 33. The summed E-state index contributed by atoms with van der Waals surface area (Å²) in [6.07, 6.45) is -26.5. The lowest BCUT2D eigenvalue weighted by Gasteiger charge is -2.48. The molecule has 0 spiro atoms. The first-order chi connectivity index (χ1) is 49.9. The second kappa shape index (κ2) is 61.5. The Morgan fingerprint density at radius 1 is 0.306 bits per heavy atom. The van der Waals surface area contributed by atoms with Gasteiger partial charge in [-0.15, -0.1) is 0 Å². The van der Waals surface area contributed by atoms with Crippen molar-refractivity contribution in [3.8, 4) is 5.75 Å². The highest BCUT2D eigenvalue weighted by Crippen LogP contribution is 2.41. The van der Waals surface area contributed by atoms with E-state index in [1.165, 1.54) is 169 Å². The zero-order valence-electron chi connectivity index (χ0n) is 67.1. The van der Waals surface area contributed by atoms with Gasteiger partial charge in [0.25, 0.3) is 0 Å². The minimum atomic E-state index is -6.11. The van der Waals surface area contributed by atoms with Crippen LogP contribution in [0.3, 0.4) is 0 Å². The fourth-order valence-corrected chi connectivity index (χ4v) is 13.9. The Balaban J connectivity index is -0.000000570. The second-order valence-electron chi connectivity index (χ2n) is 22.2. The van der Waals surface area contributed by atoms with Crippen LogP contribution in [0.2, 0.25) is 0 Å². The lowest BCUT2D eigenvalue weighted by Crippen LogP contribution is -2.66. The molecule has 0 aromatic heterocycles. The van der Waals surface area contributed by atoms with Crippen LogP contribution >= 0.6 is 11.8 Å². The van der Waals surface area contributed by atoms with Gasteiger partial charge in [-0.25, -0.2) is 29.3 Å². The molecule has 1 aromatic carbocycles. The standard InChI is InChI=1S/C19H28O32S8.7C6H15N/c1-41-8-2-4-9(5-3-8)52-19-17(51-59(38,39)40)14(48-56(29,30)31)12(10(45-19)6-42-53(20,21)22)46-18-16(50-58(35,36)37)15(49-57(32,33)34)13(47-55(26,27)28)11(44-18)7-43-54(23,24)25;7*1-4-7(5-2)6-3/h2-5,10-19H,6-7H2,1H3,(H,20,21,22)(H,23,24,25)(H,26,27,28)(H,29,30,31)(H,32,33,34)(H,35,36,37)(H,38,39,40);7*4-6H2,1-3H3/t10-,11-,12-,13-,14+,15+,16-,17-,18-,19+;;;;;;;/m1......./s1. The molecule has 39 nitrogen and oxygen atoms in total. The van der Waals surface area contributed by atoms with Crippen molar-refractivity contribution in [2.75, 3.05) is 158 Å².